The molecule has 0 atom stereocenters. The standard InChI is InChI=1S/C21H26FN5.HI/c1-4-23-21(26(3)14-17-8-5-9-18(22)13-17)24-11-10-19-15-27-12-6-7-16(2)20(27)25-19;/h5-9,12-13,15H,4,10-11,14H2,1-3H3,(H,23,24);1H. The Morgan fingerprint density at radius 1 is 1.29 bits per heavy atom. The van der Waals surface area contributed by atoms with Gasteiger partial charge in [-0.25, -0.2) is 9.37 Å². The van der Waals surface area contributed by atoms with Crippen molar-refractivity contribution in [3.05, 3.63) is 71.4 Å². The van der Waals surface area contributed by atoms with Crippen molar-refractivity contribution in [2.75, 3.05) is 20.1 Å². The molecular formula is C21H27FIN5. The largest absolute Gasteiger partial charge is 0.357 e. The molecule has 0 aliphatic carbocycles. The molecule has 0 bridgehead atoms. The lowest BCUT2D eigenvalue weighted by atomic mass is 10.2. The molecule has 5 nitrogen and oxygen atoms in total. The number of fused-ring (bicyclic) bond motifs is 1. The first-order valence-corrected chi connectivity index (χ1v) is 9.24. The Bertz CT molecular complexity index is 937. The van der Waals surface area contributed by atoms with Gasteiger partial charge in [-0.1, -0.05) is 18.2 Å². The van der Waals surface area contributed by atoms with Crippen molar-refractivity contribution in [1.82, 2.24) is 19.6 Å². The third kappa shape index (κ3) is 5.67. The van der Waals surface area contributed by atoms with Gasteiger partial charge in [-0.05, 0) is 43.2 Å². The van der Waals surface area contributed by atoms with Gasteiger partial charge in [0.2, 0.25) is 0 Å². The fraction of sp³-hybridized carbons (Fsp3) is 0.333. The molecule has 0 fully saturated rings. The summed E-state index contributed by atoms with van der Waals surface area (Å²) in [5, 5.41) is 3.30. The molecule has 0 saturated heterocycles. The van der Waals surface area contributed by atoms with E-state index >= 15 is 0 Å². The van der Waals surface area contributed by atoms with Gasteiger partial charge in [-0.2, -0.15) is 0 Å². The van der Waals surface area contributed by atoms with Gasteiger partial charge in [0, 0.05) is 45.5 Å². The summed E-state index contributed by atoms with van der Waals surface area (Å²) in [5.41, 5.74) is 4.10. The predicted octanol–water partition coefficient (Wildman–Crippen LogP) is 4.04. The molecule has 0 aliphatic rings. The van der Waals surface area contributed by atoms with Crippen LogP contribution in [0.3, 0.4) is 0 Å². The number of rotatable bonds is 6. The second-order valence-electron chi connectivity index (χ2n) is 6.63. The van der Waals surface area contributed by atoms with Crippen LogP contribution in [-0.2, 0) is 13.0 Å². The fourth-order valence-corrected chi connectivity index (χ4v) is 3.05. The lowest BCUT2D eigenvalue weighted by Crippen LogP contribution is -2.38. The second-order valence-corrected chi connectivity index (χ2v) is 6.63. The second kappa shape index (κ2) is 10.4. The number of nitrogens with zero attached hydrogens (tertiary/aromatic N) is 4. The van der Waals surface area contributed by atoms with E-state index in [0.717, 1.165) is 41.4 Å². The normalized spacial score (nSPS) is 11.4. The van der Waals surface area contributed by atoms with Crippen LogP contribution < -0.4 is 5.32 Å². The van der Waals surface area contributed by atoms with Crippen molar-refractivity contribution in [3.8, 4) is 0 Å². The average molecular weight is 495 g/mol. The van der Waals surface area contributed by atoms with E-state index in [0.29, 0.717) is 13.1 Å². The highest BCUT2D eigenvalue weighted by atomic mass is 127. The van der Waals surface area contributed by atoms with Crippen LogP contribution in [0.1, 0.15) is 23.7 Å². The van der Waals surface area contributed by atoms with E-state index in [1.165, 1.54) is 6.07 Å². The van der Waals surface area contributed by atoms with E-state index < -0.39 is 0 Å². The maximum absolute atomic E-state index is 13.4. The molecule has 2 heterocycles. The Morgan fingerprint density at radius 2 is 2.11 bits per heavy atom. The molecule has 0 radical (unpaired) electrons. The van der Waals surface area contributed by atoms with Crippen LogP contribution in [0.2, 0.25) is 0 Å². The van der Waals surface area contributed by atoms with E-state index in [9.17, 15) is 4.39 Å². The van der Waals surface area contributed by atoms with Crippen LogP contribution in [0, 0.1) is 12.7 Å². The van der Waals surface area contributed by atoms with Crippen molar-refractivity contribution in [2.24, 2.45) is 4.99 Å². The highest BCUT2D eigenvalue weighted by Crippen LogP contribution is 2.11. The van der Waals surface area contributed by atoms with Crippen LogP contribution in [0.4, 0.5) is 4.39 Å². The van der Waals surface area contributed by atoms with E-state index in [1.54, 1.807) is 12.1 Å². The van der Waals surface area contributed by atoms with Gasteiger partial charge in [0.05, 0.1) is 5.69 Å². The van der Waals surface area contributed by atoms with Gasteiger partial charge in [-0.3, -0.25) is 4.99 Å². The Hall–Kier alpha value is -2.16. The van der Waals surface area contributed by atoms with E-state index in [-0.39, 0.29) is 29.8 Å². The summed E-state index contributed by atoms with van der Waals surface area (Å²) in [4.78, 5) is 11.4. The average Bonchev–Trinajstić information content (AvgIpc) is 3.05. The molecule has 1 aromatic carbocycles. The van der Waals surface area contributed by atoms with E-state index in [1.807, 2.05) is 37.2 Å². The summed E-state index contributed by atoms with van der Waals surface area (Å²) in [7, 11) is 1.96. The predicted molar refractivity (Wildman–Crippen MR) is 123 cm³/mol. The number of aromatic nitrogens is 2. The summed E-state index contributed by atoms with van der Waals surface area (Å²) in [5.74, 6) is 0.590. The SMILES string of the molecule is CCNC(=NCCc1cn2cccc(C)c2n1)N(C)Cc1cccc(F)c1.I. The van der Waals surface area contributed by atoms with Gasteiger partial charge in [0.15, 0.2) is 5.96 Å². The zero-order valence-electron chi connectivity index (χ0n) is 16.5. The Labute approximate surface area is 182 Å². The zero-order valence-corrected chi connectivity index (χ0v) is 18.9. The van der Waals surface area contributed by atoms with Crippen molar-refractivity contribution >= 4 is 35.6 Å². The number of hydrogen-bond donors (Lipinski definition) is 1. The Balaban J connectivity index is 0.00000280. The van der Waals surface area contributed by atoms with Crippen molar-refractivity contribution in [1.29, 1.82) is 0 Å². The van der Waals surface area contributed by atoms with Gasteiger partial charge in [0.1, 0.15) is 11.5 Å². The number of aryl methyl sites for hydroxylation is 1. The summed E-state index contributed by atoms with van der Waals surface area (Å²) >= 11 is 0. The molecule has 150 valence electrons. The molecule has 28 heavy (non-hydrogen) atoms. The molecule has 7 heteroatoms. The van der Waals surface area contributed by atoms with Gasteiger partial charge in [-0.15, -0.1) is 24.0 Å². The number of nitrogens with one attached hydrogen (secondary N) is 1. The fourth-order valence-electron chi connectivity index (χ4n) is 3.05. The molecule has 0 unspecified atom stereocenters. The van der Waals surface area contributed by atoms with Crippen molar-refractivity contribution < 1.29 is 4.39 Å². The summed E-state index contributed by atoms with van der Waals surface area (Å²) in [6, 6.07) is 10.8. The number of aliphatic imine (C=N–C) groups is 1. The highest BCUT2D eigenvalue weighted by Gasteiger charge is 2.08. The third-order valence-electron chi connectivity index (χ3n) is 4.36. The highest BCUT2D eigenvalue weighted by molar-refractivity contribution is 14.0. The number of imidazole rings is 1. The monoisotopic (exact) mass is 495 g/mol. The summed E-state index contributed by atoms with van der Waals surface area (Å²) in [6.07, 6.45) is 4.84. The first-order chi connectivity index (χ1) is 13.1. The minimum absolute atomic E-state index is 0. The quantitative estimate of drug-likeness (QED) is 0.319. The molecule has 0 aliphatic heterocycles. The van der Waals surface area contributed by atoms with Gasteiger partial charge in [0.25, 0.3) is 0 Å². The van der Waals surface area contributed by atoms with Crippen molar-refractivity contribution in [2.45, 2.75) is 26.8 Å². The lowest BCUT2D eigenvalue weighted by molar-refractivity contribution is 0.475. The maximum atomic E-state index is 13.4. The van der Waals surface area contributed by atoms with Crippen LogP contribution in [0.15, 0.2) is 53.8 Å². The Morgan fingerprint density at radius 3 is 2.82 bits per heavy atom. The summed E-state index contributed by atoms with van der Waals surface area (Å²) < 4.78 is 15.5. The van der Waals surface area contributed by atoms with Crippen LogP contribution >= 0.6 is 24.0 Å². The minimum Gasteiger partial charge on any atom is -0.357 e. The molecule has 0 amide bonds. The lowest BCUT2D eigenvalue weighted by Gasteiger charge is -2.22. The van der Waals surface area contributed by atoms with Crippen molar-refractivity contribution in [3.63, 3.8) is 0 Å². The molecule has 3 aromatic rings. The zero-order chi connectivity index (χ0) is 19.2. The molecule has 0 spiro atoms. The van der Waals surface area contributed by atoms with Crippen LogP contribution in [-0.4, -0.2) is 40.4 Å². The van der Waals surface area contributed by atoms with Gasteiger partial charge < -0.3 is 14.6 Å². The number of guanidine groups is 1. The smallest absolute Gasteiger partial charge is 0.193 e. The molecule has 0 saturated carbocycles. The first-order valence-electron chi connectivity index (χ1n) is 9.24. The molecular weight excluding hydrogens is 468 g/mol. The number of hydrogen-bond acceptors (Lipinski definition) is 2. The number of halogens is 2. The molecule has 2 aromatic heterocycles. The minimum atomic E-state index is -0.218. The van der Waals surface area contributed by atoms with Crippen LogP contribution in [0.25, 0.3) is 5.65 Å². The third-order valence-corrected chi connectivity index (χ3v) is 4.36. The van der Waals surface area contributed by atoms with Gasteiger partial charge >= 0.3 is 0 Å². The number of benzene rings is 1. The topological polar surface area (TPSA) is 44.9 Å². The maximum Gasteiger partial charge on any atom is 0.193 e. The first kappa shape index (κ1) is 22.1. The van der Waals surface area contributed by atoms with E-state index in [2.05, 4.69) is 28.9 Å². The molecule has 3 rings (SSSR count). The number of pyridine rings is 1. The molecule has 1 N–H and O–H groups in total. The Kier molecular flexibility index (Phi) is 8.22. The van der Waals surface area contributed by atoms with E-state index in [4.69, 9.17) is 9.98 Å². The van der Waals surface area contributed by atoms with Crippen LogP contribution in [0.5, 0.6) is 0 Å². The summed E-state index contributed by atoms with van der Waals surface area (Å²) in [6.45, 7) is 6.11.